The standard InChI is InChI=1S/C8H13N3O2.C2HF3O2/c1-2-13-8(12)7-3-5-11(10-7)6-4-9;3-2(4,5)1(6)7/h3,5H,2,4,6,9H2,1H3;(H,6,7). The molecule has 0 saturated carbocycles. The molecule has 0 spiro atoms. The van der Waals surface area contributed by atoms with Gasteiger partial charge in [-0.05, 0) is 13.0 Å². The number of carbonyl (C=O) groups excluding carboxylic acids is 1. The number of alkyl halides is 3. The van der Waals surface area contributed by atoms with E-state index in [9.17, 15) is 18.0 Å². The van der Waals surface area contributed by atoms with Crippen LogP contribution < -0.4 is 5.73 Å². The van der Waals surface area contributed by atoms with E-state index in [1.54, 1.807) is 23.9 Å². The van der Waals surface area contributed by atoms with Crippen LogP contribution in [-0.2, 0) is 16.1 Å². The van der Waals surface area contributed by atoms with E-state index in [0.29, 0.717) is 25.4 Å². The minimum Gasteiger partial charge on any atom is -0.475 e. The molecule has 0 aliphatic carbocycles. The molecule has 0 aliphatic heterocycles. The lowest BCUT2D eigenvalue weighted by Gasteiger charge is -1.97. The zero-order chi connectivity index (χ0) is 15.8. The minimum absolute atomic E-state index is 0.329. The van der Waals surface area contributed by atoms with Crippen molar-refractivity contribution in [3.63, 3.8) is 0 Å². The van der Waals surface area contributed by atoms with Crippen molar-refractivity contribution in [2.24, 2.45) is 5.73 Å². The topological polar surface area (TPSA) is 107 Å². The van der Waals surface area contributed by atoms with Crippen LogP contribution in [0.25, 0.3) is 0 Å². The Morgan fingerprint density at radius 3 is 2.45 bits per heavy atom. The molecule has 114 valence electrons. The zero-order valence-corrected chi connectivity index (χ0v) is 10.6. The summed E-state index contributed by atoms with van der Waals surface area (Å²) in [5.74, 6) is -3.15. The molecule has 1 aromatic rings. The largest absolute Gasteiger partial charge is 0.490 e. The van der Waals surface area contributed by atoms with Crippen LogP contribution >= 0.6 is 0 Å². The van der Waals surface area contributed by atoms with Gasteiger partial charge in [0.2, 0.25) is 0 Å². The molecule has 0 aromatic carbocycles. The summed E-state index contributed by atoms with van der Waals surface area (Å²) in [5.41, 5.74) is 5.66. The monoisotopic (exact) mass is 297 g/mol. The highest BCUT2D eigenvalue weighted by Gasteiger charge is 2.38. The number of aliphatic carboxylic acids is 1. The van der Waals surface area contributed by atoms with Gasteiger partial charge in [0.15, 0.2) is 5.69 Å². The van der Waals surface area contributed by atoms with E-state index in [2.05, 4.69) is 5.10 Å². The molecule has 3 N–H and O–H groups in total. The number of aromatic nitrogens is 2. The van der Waals surface area contributed by atoms with Gasteiger partial charge in [0.25, 0.3) is 0 Å². The minimum atomic E-state index is -5.08. The van der Waals surface area contributed by atoms with Crippen molar-refractivity contribution in [1.82, 2.24) is 9.78 Å². The first-order valence-corrected chi connectivity index (χ1v) is 5.43. The van der Waals surface area contributed by atoms with Crippen LogP contribution in [0.4, 0.5) is 13.2 Å². The molecule has 7 nitrogen and oxygen atoms in total. The summed E-state index contributed by atoms with van der Waals surface area (Å²) < 4.78 is 38.1. The second kappa shape index (κ2) is 8.15. The van der Waals surface area contributed by atoms with Crippen molar-refractivity contribution in [3.8, 4) is 0 Å². The molecule has 0 atom stereocenters. The first-order chi connectivity index (χ1) is 9.22. The predicted octanol–water partition coefficient (Wildman–Crippen LogP) is 0.652. The summed E-state index contributed by atoms with van der Waals surface area (Å²) in [6.45, 7) is 3.24. The molecule has 20 heavy (non-hydrogen) atoms. The van der Waals surface area contributed by atoms with Crippen LogP contribution in [0.1, 0.15) is 17.4 Å². The molecule has 0 radical (unpaired) electrons. The summed E-state index contributed by atoms with van der Waals surface area (Å²) >= 11 is 0. The highest BCUT2D eigenvalue weighted by Crippen LogP contribution is 2.13. The number of rotatable bonds is 4. The first-order valence-electron chi connectivity index (χ1n) is 5.43. The van der Waals surface area contributed by atoms with Gasteiger partial charge in [-0.3, -0.25) is 4.68 Å². The number of carboxylic acid groups (broad SMARTS) is 1. The van der Waals surface area contributed by atoms with Gasteiger partial charge in [0.1, 0.15) is 0 Å². The van der Waals surface area contributed by atoms with Crippen molar-refractivity contribution >= 4 is 11.9 Å². The third kappa shape index (κ3) is 6.73. The van der Waals surface area contributed by atoms with Crippen LogP contribution in [-0.4, -0.2) is 46.2 Å². The van der Waals surface area contributed by atoms with Gasteiger partial charge in [-0.2, -0.15) is 18.3 Å². The number of ether oxygens (including phenoxy) is 1. The smallest absolute Gasteiger partial charge is 0.475 e. The Balaban J connectivity index is 0.000000441. The Bertz CT molecular complexity index is 445. The molecular weight excluding hydrogens is 283 g/mol. The molecule has 0 amide bonds. The van der Waals surface area contributed by atoms with Crippen molar-refractivity contribution in [2.45, 2.75) is 19.6 Å². The van der Waals surface area contributed by atoms with Crippen LogP contribution in [0.15, 0.2) is 12.3 Å². The maximum Gasteiger partial charge on any atom is 0.490 e. The van der Waals surface area contributed by atoms with E-state index in [4.69, 9.17) is 20.4 Å². The fraction of sp³-hybridized carbons (Fsp3) is 0.500. The average molecular weight is 297 g/mol. The van der Waals surface area contributed by atoms with Gasteiger partial charge < -0.3 is 15.6 Å². The number of halogens is 3. The van der Waals surface area contributed by atoms with Gasteiger partial charge in [-0.1, -0.05) is 0 Å². The lowest BCUT2D eigenvalue weighted by Crippen LogP contribution is -2.21. The Kier molecular flexibility index (Phi) is 7.29. The average Bonchev–Trinajstić information content (AvgIpc) is 2.78. The van der Waals surface area contributed by atoms with E-state index in [-0.39, 0.29) is 0 Å². The predicted molar refractivity (Wildman–Crippen MR) is 60.9 cm³/mol. The maximum absolute atomic E-state index is 11.1. The molecule has 0 bridgehead atoms. The number of esters is 1. The molecule has 0 fully saturated rings. The molecule has 1 rings (SSSR count). The molecule has 1 aromatic heterocycles. The van der Waals surface area contributed by atoms with E-state index >= 15 is 0 Å². The Labute approximate surface area is 112 Å². The second-order valence-electron chi connectivity index (χ2n) is 3.28. The first kappa shape index (κ1) is 17.9. The Morgan fingerprint density at radius 1 is 1.50 bits per heavy atom. The van der Waals surface area contributed by atoms with Gasteiger partial charge in [0.05, 0.1) is 13.2 Å². The zero-order valence-electron chi connectivity index (χ0n) is 10.6. The molecular formula is C10H14F3N3O4. The van der Waals surface area contributed by atoms with Gasteiger partial charge >= 0.3 is 18.1 Å². The lowest BCUT2D eigenvalue weighted by atomic mass is 10.4. The van der Waals surface area contributed by atoms with Crippen LogP contribution in [0, 0.1) is 0 Å². The normalized spacial score (nSPS) is 10.4. The van der Waals surface area contributed by atoms with Crippen molar-refractivity contribution < 1.29 is 32.6 Å². The van der Waals surface area contributed by atoms with Crippen LogP contribution in [0.5, 0.6) is 0 Å². The maximum atomic E-state index is 11.1. The Hall–Kier alpha value is -2.10. The van der Waals surface area contributed by atoms with Crippen LogP contribution in [0.3, 0.4) is 0 Å². The number of nitrogens with zero attached hydrogens (tertiary/aromatic N) is 2. The van der Waals surface area contributed by atoms with Gasteiger partial charge in [-0.15, -0.1) is 0 Å². The van der Waals surface area contributed by atoms with Crippen molar-refractivity contribution in [1.29, 1.82) is 0 Å². The van der Waals surface area contributed by atoms with Crippen molar-refractivity contribution in [2.75, 3.05) is 13.2 Å². The summed E-state index contributed by atoms with van der Waals surface area (Å²) in [5, 5.41) is 11.1. The van der Waals surface area contributed by atoms with Crippen molar-refractivity contribution in [3.05, 3.63) is 18.0 Å². The molecule has 0 saturated heterocycles. The summed E-state index contributed by atoms with van der Waals surface area (Å²) in [6, 6.07) is 1.62. The third-order valence-corrected chi connectivity index (χ3v) is 1.73. The number of carbonyl (C=O) groups is 2. The molecule has 0 aliphatic rings. The highest BCUT2D eigenvalue weighted by molar-refractivity contribution is 5.86. The lowest BCUT2D eigenvalue weighted by molar-refractivity contribution is -0.192. The fourth-order valence-electron chi connectivity index (χ4n) is 0.932. The fourth-order valence-corrected chi connectivity index (χ4v) is 0.932. The molecule has 0 unspecified atom stereocenters. The number of carboxylic acids is 1. The summed E-state index contributed by atoms with van der Waals surface area (Å²) in [6.07, 6.45) is -3.38. The highest BCUT2D eigenvalue weighted by atomic mass is 19.4. The number of nitrogens with two attached hydrogens (primary N) is 1. The molecule has 1 heterocycles. The number of hydrogen-bond acceptors (Lipinski definition) is 5. The summed E-state index contributed by atoms with van der Waals surface area (Å²) in [4.78, 5) is 20.0. The van der Waals surface area contributed by atoms with Crippen LogP contribution in [0.2, 0.25) is 0 Å². The van der Waals surface area contributed by atoms with E-state index in [1.807, 2.05) is 0 Å². The SMILES string of the molecule is CCOC(=O)c1ccn(CCN)n1.O=C(O)C(F)(F)F. The van der Waals surface area contributed by atoms with Gasteiger partial charge in [-0.25, -0.2) is 9.59 Å². The Morgan fingerprint density at radius 2 is 2.05 bits per heavy atom. The third-order valence-electron chi connectivity index (χ3n) is 1.73. The van der Waals surface area contributed by atoms with E-state index in [0.717, 1.165) is 0 Å². The second-order valence-corrected chi connectivity index (χ2v) is 3.28. The van der Waals surface area contributed by atoms with Gasteiger partial charge in [0, 0.05) is 12.7 Å². The quantitative estimate of drug-likeness (QED) is 0.790. The summed E-state index contributed by atoms with van der Waals surface area (Å²) in [7, 11) is 0. The molecule has 10 heteroatoms. The van der Waals surface area contributed by atoms with E-state index < -0.39 is 18.1 Å². The number of hydrogen-bond donors (Lipinski definition) is 2. The van der Waals surface area contributed by atoms with E-state index in [1.165, 1.54) is 0 Å².